The van der Waals surface area contributed by atoms with E-state index < -0.39 is 29.8 Å². The van der Waals surface area contributed by atoms with Crippen molar-refractivity contribution in [3.63, 3.8) is 0 Å². The molecular weight excluding hydrogens is 236 g/mol. The van der Waals surface area contributed by atoms with Gasteiger partial charge in [0.05, 0.1) is 5.92 Å². The first-order chi connectivity index (χ1) is 8.16. The summed E-state index contributed by atoms with van der Waals surface area (Å²) >= 11 is 0. The highest BCUT2D eigenvalue weighted by molar-refractivity contribution is 5.89. The number of hydrogen-bond donors (Lipinski definition) is 3. The highest BCUT2D eigenvalue weighted by Gasteiger charge is 2.27. The SMILES string of the molecule is CC(C)NC(=O)C(C)NC(=O)C(C)C(C)C(=O)O. The molecule has 0 aromatic rings. The number of carboxylic acid groups (broad SMARTS) is 1. The number of nitrogens with one attached hydrogen (secondary N) is 2. The molecule has 0 saturated heterocycles. The van der Waals surface area contributed by atoms with Crippen molar-refractivity contribution in [2.24, 2.45) is 11.8 Å². The molecule has 0 aromatic carbocycles. The summed E-state index contributed by atoms with van der Waals surface area (Å²) in [6.45, 7) is 8.20. The van der Waals surface area contributed by atoms with E-state index in [9.17, 15) is 14.4 Å². The molecule has 0 spiro atoms. The van der Waals surface area contributed by atoms with Gasteiger partial charge < -0.3 is 15.7 Å². The van der Waals surface area contributed by atoms with Crippen LogP contribution in [-0.4, -0.2) is 35.0 Å². The van der Waals surface area contributed by atoms with Crippen molar-refractivity contribution < 1.29 is 19.5 Å². The first-order valence-electron chi connectivity index (χ1n) is 6.00. The molecule has 0 fully saturated rings. The van der Waals surface area contributed by atoms with Crippen molar-refractivity contribution in [3.05, 3.63) is 0 Å². The van der Waals surface area contributed by atoms with Crippen LogP contribution >= 0.6 is 0 Å². The van der Waals surface area contributed by atoms with Gasteiger partial charge in [-0.25, -0.2) is 0 Å². The van der Waals surface area contributed by atoms with E-state index in [2.05, 4.69) is 10.6 Å². The number of carbonyl (C=O) groups excluding carboxylic acids is 2. The normalized spacial score (nSPS) is 15.7. The van der Waals surface area contributed by atoms with Crippen LogP contribution in [0, 0.1) is 11.8 Å². The zero-order valence-corrected chi connectivity index (χ0v) is 11.5. The predicted octanol–water partition coefficient (Wildman–Crippen LogP) is 0.372. The largest absolute Gasteiger partial charge is 0.481 e. The zero-order valence-electron chi connectivity index (χ0n) is 11.5. The lowest BCUT2D eigenvalue weighted by atomic mass is 9.95. The van der Waals surface area contributed by atoms with Crippen LogP contribution < -0.4 is 10.6 Å². The van der Waals surface area contributed by atoms with E-state index in [0.29, 0.717) is 0 Å². The fourth-order valence-electron chi connectivity index (χ4n) is 1.26. The van der Waals surface area contributed by atoms with Gasteiger partial charge in [-0.2, -0.15) is 0 Å². The number of carbonyl (C=O) groups is 3. The van der Waals surface area contributed by atoms with Crippen molar-refractivity contribution in [1.29, 1.82) is 0 Å². The van der Waals surface area contributed by atoms with Crippen LogP contribution in [0.2, 0.25) is 0 Å². The van der Waals surface area contributed by atoms with E-state index in [1.807, 2.05) is 13.8 Å². The fourth-order valence-corrected chi connectivity index (χ4v) is 1.26. The predicted molar refractivity (Wildman–Crippen MR) is 66.8 cm³/mol. The molecule has 0 bridgehead atoms. The second kappa shape index (κ2) is 6.98. The Bertz CT molecular complexity index is 328. The Morgan fingerprint density at radius 3 is 1.72 bits per heavy atom. The summed E-state index contributed by atoms with van der Waals surface area (Å²) in [5, 5.41) is 14.0. The molecule has 3 N–H and O–H groups in total. The monoisotopic (exact) mass is 258 g/mol. The van der Waals surface area contributed by atoms with E-state index in [0.717, 1.165) is 0 Å². The lowest BCUT2D eigenvalue weighted by Crippen LogP contribution is -2.49. The summed E-state index contributed by atoms with van der Waals surface area (Å²) in [5.74, 6) is -3.22. The molecule has 0 heterocycles. The molecule has 0 saturated carbocycles. The molecule has 0 aromatic heterocycles. The van der Waals surface area contributed by atoms with Gasteiger partial charge in [-0.15, -0.1) is 0 Å². The number of hydrogen-bond acceptors (Lipinski definition) is 3. The Morgan fingerprint density at radius 1 is 0.833 bits per heavy atom. The third-order valence-electron chi connectivity index (χ3n) is 2.74. The fraction of sp³-hybridized carbons (Fsp3) is 0.750. The Morgan fingerprint density at radius 2 is 1.33 bits per heavy atom. The summed E-state index contributed by atoms with van der Waals surface area (Å²) in [4.78, 5) is 34.1. The van der Waals surface area contributed by atoms with Gasteiger partial charge >= 0.3 is 5.97 Å². The molecule has 0 aliphatic rings. The van der Waals surface area contributed by atoms with Gasteiger partial charge in [0.2, 0.25) is 11.8 Å². The van der Waals surface area contributed by atoms with E-state index in [1.54, 1.807) is 6.92 Å². The average Bonchev–Trinajstić information content (AvgIpc) is 2.25. The molecule has 2 amide bonds. The van der Waals surface area contributed by atoms with Gasteiger partial charge in [-0.05, 0) is 20.8 Å². The van der Waals surface area contributed by atoms with E-state index in [1.165, 1.54) is 13.8 Å². The van der Waals surface area contributed by atoms with E-state index >= 15 is 0 Å². The quantitative estimate of drug-likeness (QED) is 0.641. The van der Waals surface area contributed by atoms with Gasteiger partial charge in [-0.1, -0.05) is 13.8 Å². The second-order valence-electron chi connectivity index (χ2n) is 4.81. The summed E-state index contributed by atoms with van der Waals surface area (Å²) in [7, 11) is 0. The van der Waals surface area contributed by atoms with Crippen molar-refractivity contribution in [1.82, 2.24) is 10.6 Å². The molecule has 6 nitrogen and oxygen atoms in total. The summed E-state index contributed by atoms with van der Waals surface area (Å²) < 4.78 is 0. The van der Waals surface area contributed by atoms with Crippen LogP contribution in [0.25, 0.3) is 0 Å². The van der Waals surface area contributed by atoms with Gasteiger partial charge in [0, 0.05) is 12.0 Å². The average molecular weight is 258 g/mol. The Labute approximate surface area is 107 Å². The van der Waals surface area contributed by atoms with Crippen LogP contribution in [0.5, 0.6) is 0 Å². The van der Waals surface area contributed by atoms with Gasteiger partial charge in [0.15, 0.2) is 0 Å². The molecule has 3 atom stereocenters. The van der Waals surface area contributed by atoms with Crippen LogP contribution in [0.1, 0.15) is 34.6 Å². The first kappa shape index (κ1) is 16.4. The third kappa shape index (κ3) is 5.16. The van der Waals surface area contributed by atoms with Crippen molar-refractivity contribution >= 4 is 17.8 Å². The number of amides is 2. The highest BCUT2D eigenvalue weighted by Crippen LogP contribution is 2.11. The molecule has 0 aliphatic carbocycles. The van der Waals surface area contributed by atoms with Crippen molar-refractivity contribution in [2.75, 3.05) is 0 Å². The lowest BCUT2D eigenvalue weighted by molar-refractivity contribution is -0.146. The number of rotatable bonds is 6. The van der Waals surface area contributed by atoms with Crippen LogP contribution in [0.4, 0.5) is 0 Å². The molecule has 104 valence electrons. The minimum atomic E-state index is -1.03. The smallest absolute Gasteiger partial charge is 0.307 e. The second-order valence-corrected chi connectivity index (χ2v) is 4.81. The van der Waals surface area contributed by atoms with Crippen molar-refractivity contribution in [2.45, 2.75) is 46.7 Å². The Kier molecular flexibility index (Phi) is 6.36. The van der Waals surface area contributed by atoms with Crippen LogP contribution in [0.3, 0.4) is 0 Å². The third-order valence-corrected chi connectivity index (χ3v) is 2.74. The van der Waals surface area contributed by atoms with E-state index in [-0.39, 0.29) is 11.9 Å². The van der Waals surface area contributed by atoms with Gasteiger partial charge in [0.25, 0.3) is 0 Å². The summed E-state index contributed by atoms with van der Waals surface area (Å²) in [5.41, 5.74) is 0. The Hall–Kier alpha value is -1.59. The van der Waals surface area contributed by atoms with Gasteiger partial charge in [-0.3, -0.25) is 14.4 Å². The van der Waals surface area contributed by atoms with E-state index in [4.69, 9.17) is 5.11 Å². The van der Waals surface area contributed by atoms with Crippen LogP contribution in [-0.2, 0) is 14.4 Å². The Balaban J connectivity index is 4.39. The lowest BCUT2D eigenvalue weighted by Gasteiger charge is -2.20. The zero-order chi connectivity index (χ0) is 14.5. The minimum Gasteiger partial charge on any atom is -0.481 e. The molecule has 0 rings (SSSR count). The number of aliphatic carboxylic acids is 1. The topological polar surface area (TPSA) is 95.5 Å². The molecule has 18 heavy (non-hydrogen) atoms. The molecule has 0 aliphatic heterocycles. The molecular formula is C12H22N2O4. The maximum Gasteiger partial charge on any atom is 0.307 e. The minimum absolute atomic E-state index is 0.00720. The van der Waals surface area contributed by atoms with Crippen LogP contribution in [0.15, 0.2) is 0 Å². The number of carboxylic acids is 1. The maximum absolute atomic E-state index is 11.7. The highest BCUT2D eigenvalue weighted by atomic mass is 16.4. The molecule has 0 radical (unpaired) electrons. The first-order valence-corrected chi connectivity index (χ1v) is 6.00. The summed E-state index contributed by atoms with van der Waals surface area (Å²) in [6, 6.07) is -0.685. The van der Waals surface area contributed by atoms with Gasteiger partial charge in [0.1, 0.15) is 6.04 Å². The maximum atomic E-state index is 11.7. The van der Waals surface area contributed by atoms with Crippen molar-refractivity contribution in [3.8, 4) is 0 Å². The molecule has 6 heteroatoms. The standard InChI is InChI=1S/C12H22N2O4/c1-6(2)13-11(16)9(5)14-10(15)7(3)8(4)12(17)18/h6-9H,1-5H3,(H,13,16)(H,14,15)(H,17,18). The molecule has 3 unspecified atom stereocenters. The summed E-state index contributed by atoms with van der Waals surface area (Å²) in [6.07, 6.45) is 0.